The molecule has 29 heavy (non-hydrogen) atoms. The number of piperazine rings is 1. The van der Waals surface area contributed by atoms with Crippen LogP contribution in [0.4, 0.5) is 19.0 Å². The van der Waals surface area contributed by atoms with Crippen LogP contribution in [0.2, 0.25) is 5.02 Å². The van der Waals surface area contributed by atoms with E-state index in [0.29, 0.717) is 31.1 Å². The van der Waals surface area contributed by atoms with Crippen LogP contribution < -0.4 is 10.2 Å². The van der Waals surface area contributed by atoms with E-state index in [1.165, 1.54) is 11.3 Å². The summed E-state index contributed by atoms with van der Waals surface area (Å²) in [5.41, 5.74) is -0.907. The number of halogens is 4. The highest BCUT2D eigenvalue weighted by Crippen LogP contribution is 2.33. The lowest BCUT2D eigenvalue weighted by Crippen LogP contribution is -2.54. The van der Waals surface area contributed by atoms with Crippen molar-refractivity contribution >= 4 is 40.6 Å². The zero-order chi connectivity index (χ0) is 21.2. The van der Waals surface area contributed by atoms with Crippen molar-refractivity contribution in [1.29, 1.82) is 0 Å². The molecule has 2 amide bonds. The normalized spacial score (nSPS) is 15.9. The Bertz CT molecular complexity index is 884. The summed E-state index contributed by atoms with van der Waals surface area (Å²) >= 11 is 7.28. The van der Waals surface area contributed by atoms with Crippen LogP contribution in [0.5, 0.6) is 0 Å². The number of pyridine rings is 1. The lowest BCUT2D eigenvalue weighted by atomic mass is 10.2. The van der Waals surface area contributed by atoms with Gasteiger partial charge in [-0.1, -0.05) is 17.7 Å². The number of carbonyl (C=O) groups excluding carboxylic acids is 2. The van der Waals surface area contributed by atoms with Gasteiger partial charge in [0.2, 0.25) is 5.91 Å². The summed E-state index contributed by atoms with van der Waals surface area (Å²) in [7, 11) is 0. The smallest absolute Gasteiger partial charge is 0.352 e. The molecule has 0 bridgehead atoms. The molecule has 1 aliphatic rings. The number of nitrogens with zero attached hydrogens (tertiary/aromatic N) is 3. The predicted molar refractivity (Wildman–Crippen MR) is 104 cm³/mol. The fourth-order valence-electron chi connectivity index (χ4n) is 2.97. The van der Waals surface area contributed by atoms with Gasteiger partial charge in [-0.05, 0) is 24.4 Å². The number of amides is 2. The first-order valence-electron chi connectivity index (χ1n) is 8.77. The summed E-state index contributed by atoms with van der Waals surface area (Å²) in [6.45, 7) is 3.05. The Morgan fingerprint density at radius 3 is 2.52 bits per heavy atom. The quantitative estimate of drug-likeness (QED) is 0.782. The molecule has 0 radical (unpaired) electrons. The number of alkyl halides is 3. The lowest BCUT2D eigenvalue weighted by Gasteiger charge is -2.37. The first-order chi connectivity index (χ1) is 13.7. The first kappa shape index (κ1) is 21.4. The molecule has 0 spiro atoms. The van der Waals surface area contributed by atoms with Crippen LogP contribution in [-0.4, -0.2) is 53.9 Å². The van der Waals surface area contributed by atoms with Crippen molar-refractivity contribution in [1.82, 2.24) is 15.2 Å². The van der Waals surface area contributed by atoms with Crippen LogP contribution in [0.3, 0.4) is 0 Å². The third-order valence-corrected chi connectivity index (χ3v) is 5.65. The highest BCUT2D eigenvalue weighted by Gasteiger charge is 2.33. The molecule has 156 valence electrons. The molecule has 3 heterocycles. The molecule has 0 unspecified atom stereocenters. The summed E-state index contributed by atoms with van der Waals surface area (Å²) < 4.78 is 38.3. The number of carbonyl (C=O) groups is 2. The zero-order valence-corrected chi connectivity index (χ0v) is 16.9. The maximum atomic E-state index is 12.8. The lowest BCUT2D eigenvalue weighted by molar-refractivity contribution is -0.138. The summed E-state index contributed by atoms with van der Waals surface area (Å²) in [6, 6.07) is 3.59. The topological polar surface area (TPSA) is 65.5 Å². The van der Waals surface area contributed by atoms with Crippen LogP contribution in [0, 0.1) is 0 Å². The van der Waals surface area contributed by atoms with E-state index in [1.807, 2.05) is 0 Å². The first-order valence-corrected chi connectivity index (χ1v) is 10.0. The van der Waals surface area contributed by atoms with Crippen molar-refractivity contribution in [3.05, 3.63) is 45.2 Å². The minimum Gasteiger partial charge on any atom is -0.352 e. The molecular weight excluding hydrogens is 429 g/mol. The van der Waals surface area contributed by atoms with Crippen LogP contribution in [0.15, 0.2) is 29.8 Å². The third-order valence-electron chi connectivity index (χ3n) is 4.50. The number of thiophene rings is 1. The second-order valence-corrected chi connectivity index (χ2v) is 7.87. The molecule has 1 saturated heterocycles. The van der Waals surface area contributed by atoms with E-state index in [0.717, 1.165) is 12.3 Å². The van der Waals surface area contributed by atoms with Gasteiger partial charge in [0, 0.05) is 32.4 Å². The van der Waals surface area contributed by atoms with Crippen molar-refractivity contribution in [2.45, 2.75) is 19.1 Å². The van der Waals surface area contributed by atoms with Crippen LogP contribution in [0.25, 0.3) is 0 Å². The Morgan fingerprint density at radius 2 is 1.97 bits per heavy atom. The minimum absolute atomic E-state index is 0.0869. The Kier molecular flexibility index (Phi) is 6.33. The van der Waals surface area contributed by atoms with Crippen molar-refractivity contribution < 1.29 is 22.8 Å². The second kappa shape index (κ2) is 8.58. The van der Waals surface area contributed by atoms with Crippen molar-refractivity contribution in [2.24, 2.45) is 0 Å². The molecule has 2 aromatic rings. The summed E-state index contributed by atoms with van der Waals surface area (Å²) in [5.74, 6) is -0.271. The summed E-state index contributed by atoms with van der Waals surface area (Å²) in [6.07, 6.45) is -3.76. The van der Waals surface area contributed by atoms with E-state index in [4.69, 9.17) is 11.6 Å². The largest absolute Gasteiger partial charge is 0.417 e. The van der Waals surface area contributed by atoms with Crippen molar-refractivity contribution in [2.75, 3.05) is 31.1 Å². The molecular formula is C18H18ClF3N4O2S. The number of rotatable bonds is 4. The number of hydrogen-bond donors (Lipinski definition) is 1. The Morgan fingerprint density at radius 1 is 1.28 bits per heavy atom. The van der Waals surface area contributed by atoms with E-state index in [2.05, 4.69) is 10.3 Å². The van der Waals surface area contributed by atoms with Gasteiger partial charge in [-0.2, -0.15) is 13.2 Å². The van der Waals surface area contributed by atoms with Crippen LogP contribution in [-0.2, 0) is 11.0 Å². The molecule has 1 N–H and O–H groups in total. The van der Waals surface area contributed by atoms with E-state index < -0.39 is 17.8 Å². The Labute approximate surface area is 174 Å². The number of nitrogens with one attached hydrogen (secondary N) is 1. The fourth-order valence-corrected chi connectivity index (χ4v) is 3.88. The predicted octanol–water partition coefficient (Wildman–Crippen LogP) is 3.28. The standard InChI is InChI=1S/C18H18ClF3N4O2S/c1-11(24-16(27)14-3-2-8-29-14)17(28)26-6-4-25(5-7-26)15-13(19)9-12(10-23-15)18(20,21)22/h2-3,8-11H,4-7H2,1H3,(H,24,27)/t11-/m1/s1. The minimum atomic E-state index is -4.51. The van der Waals surface area contributed by atoms with E-state index in [-0.39, 0.29) is 22.7 Å². The Balaban J connectivity index is 1.57. The van der Waals surface area contributed by atoms with Gasteiger partial charge >= 0.3 is 6.18 Å². The number of hydrogen-bond acceptors (Lipinski definition) is 5. The van der Waals surface area contributed by atoms with Gasteiger partial charge < -0.3 is 15.1 Å². The van der Waals surface area contributed by atoms with Gasteiger partial charge in [0.15, 0.2) is 0 Å². The molecule has 1 aliphatic heterocycles. The molecule has 1 fully saturated rings. The van der Waals surface area contributed by atoms with Gasteiger partial charge in [-0.3, -0.25) is 9.59 Å². The second-order valence-electron chi connectivity index (χ2n) is 6.51. The number of anilines is 1. The van der Waals surface area contributed by atoms with Crippen molar-refractivity contribution in [3.63, 3.8) is 0 Å². The fraction of sp³-hybridized carbons (Fsp3) is 0.389. The van der Waals surface area contributed by atoms with Gasteiger partial charge in [0.05, 0.1) is 15.5 Å². The highest BCUT2D eigenvalue weighted by atomic mass is 35.5. The SMILES string of the molecule is C[C@@H](NC(=O)c1cccs1)C(=O)N1CCN(c2ncc(C(F)(F)F)cc2Cl)CC1. The van der Waals surface area contributed by atoms with Crippen LogP contribution >= 0.6 is 22.9 Å². The molecule has 11 heteroatoms. The maximum Gasteiger partial charge on any atom is 0.417 e. The van der Waals surface area contributed by atoms with E-state index in [1.54, 1.807) is 34.2 Å². The molecule has 0 aliphatic carbocycles. The highest BCUT2D eigenvalue weighted by molar-refractivity contribution is 7.12. The molecule has 3 rings (SSSR count). The van der Waals surface area contributed by atoms with Gasteiger partial charge in [0.25, 0.3) is 5.91 Å². The number of aromatic nitrogens is 1. The molecule has 2 aromatic heterocycles. The monoisotopic (exact) mass is 446 g/mol. The Hall–Kier alpha value is -2.33. The van der Waals surface area contributed by atoms with Gasteiger partial charge in [-0.25, -0.2) is 4.98 Å². The molecule has 1 atom stereocenters. The summed E-state index contributed by atoms with van der Waals surface area (Å²) in [5, 5.41) is 4.37. The van der Waals surface area contributed by atoms with Gasteiger partial charge in [-0.15, -0.1) is 11.3 Å². The molecule has 0 saturated carbocycles. The average Bonchev–Trinajstić information content (AvgIpc) is 3.22. The average molecular weight is 447 g/mol. The van der Waals surface area contributed by atoms with E-state index in [9.17, 15) is 22.8 Å². The molecule has 6 nitrogen and oxygen atoms in total. The van der Waals surface area contributed by atoms with Crippen LogP contribution in [0.1, 0.15) is 22.2 Å². The third kappa shape index (κ3) is 4.99. The van der Waals surface area contributed by atoms with Crippen molar-refractivity contribution in [3.8, 4) is 0 Å². The van der Waals surface area contributed by atoms with Gasteiger partial charge in [0.1, 0.15) is 11.9 Å². The maximum absolute atomic E-state index is 12.8. The molecule has 0 aromatic carbocycles. The summed E-state index contributed by atoms with van der Waals surface area (Å²) in [4.78, 5) is 32.4. The van der Waals surface area contributed by atoms with E-state index >= 15 is 0 Å². The zero-order valence-electron chi connectivity index (χ0n) is 15.4.